The van der Waals surface area contributed by atoms with Gasteiger partial charge in [-0.05, 0) is 148 Å². The van der Waals surface area contributed by atoms with Crippen molar-refractivity contribution in [1.29, 1.82) is 0 Å². The molecule has 71 heavy (non-hydrogen) atoms. The summed E-state index contributed by atoms with van der Waals surface area (Å²) in [6, 6.07) is 87.6. The van der Waals surface area contributed by atoms with E-state index in [2.05, 4.69) is 260 Å². The van der Waals surface area contributed by atoms with Crippen LogP contribution in [0.5, 0.6) is 0 Å². The second-order valence-electron chi connectivity index (χ2n) is 18.7. The van der Waals surface area contributed by atoms with E-state index in [4.69, 9.17) is 9.97 Å². The Morgan fingerprint density at radius 3 is 1.38 bits per heavy atom. The predicted octanol–water partition coefficient (Wildman–Crippen LogP) is 18.8. The predicted molar refractivity (Wildman–Crippen MR) is 301 cm³/mol. The van der Waals surface area contributed by atoms with Crippen LogP contribution in [0.3, 0.4) is 0 Å². The fourth-order valence-electron chi connectivity index (χ4n) is 10.2. The van der Waals surface area contributed by atoms with Crippen molar-refractivity contribution in [1.82, 2.24) is 9.97 Å². The van der Waals surface area contributed by atoms with Gasteiger partial charge in [-0.2, -0.15) is 0 Å². The van der Waals surface area contributed by atoms with Crippen LogP contribution in [0.15, 0.2) is 243 Å². The van der Waals surface area contributed by atoms with Crippen LogP contribution < -0.4 is 9.80 Å². The number of para-hydroxylation sites is 4. The minimum atomic E-state index is -0.218. The van der Waals surface area contributed by atoms with Crippen molar-refractivity contribution < 1.29 is 0 Å². The molecule has 10 aromatic carbocycles. The first kappa shape index (κ1) is 42.7. The lowest BCUT2D eigenvalue weighted by molar-refractivity contribution is 0.632. The van der Waals surface area contributed by atoms with E-state index in [-0.39, 0.29) is 5.41 Å². The molecule has 0 fully saturated rings. The third kappa shape index (κ3) is 7.78. The van der Waals surface area contributed by atoms with Crippen LogP contribution in [-0.2, 0) is 5.41 Å². The zero-order valence-corrected chi connectivity index (χ0v) is 40.8. The highest BCUT2D eigenvalue weighted by Gasteiger charge is 2.37. The van der Waals surface area contributed by atoms with E-state index < -0.39 is 0 Å². The molecule has 1 aliphatic rings. The molecule has 0 atom stereocenters. The number of aromatic nitrogens is 2. The Morgan fingerprint density at radius 2 is 0.789 bits per heavy atom. The maximum atomic E-state index is 4.97. The maximum Gasteiger partial charge on any atom is 0.124 e. The Hall–Kier alpha value is -8.42. The molecule has 0 saturated heterocycles. The average Bonchev–Trinajstić information content (AvgIpc) is 4.08. The Morgan fingerprint density at radius 1 is 0.352 bits per heavy atom. The SMILES string of the molecule is CC1(C)c2ccccc2N(c2ccc(-c3ccc(N(c4ccccc4)c4ccc(-c5cccc(-c6nc7ccccc7s6)c5)cc4)cc3)cc2)c2ccc(-c3cccc(-c4nc5ccccc5s4)c3)cc21. The van der Waals surface area contributed by atoms with Crippen molar-refractivity contribution in [2.75, 3.05) is 9.80 Å². The first-order chi connectivity index (χ1) is 34.9. The van der Waals surface area contributed by atoms with Gasteiger partial charge in [-0.25, -0.2) is 9.97 Å². The molecule has 12 aromatic rings. The van der Waals surface area contributed by atoms with E-state index in [0.717, 1.165) is 71.6 Å². The Balaban J connectivity index is 0.787. The summed E-state index contributed by atoms with van der Waals surface area (Å²) < 4.78 is 2.41. The average molecular weight is 947 g/mol. The van der Waals surface area contributed by atoms with Crippen LogP contribution in [0.1, 0.15) is 25.0 Å². The summed E-state index contributed by atoms with van der Waals surface area (Å²) in [5.74, 6) is 0. The topological polar surface area (TPSA) is 32.3 Å². The monoisotopic (exact) mass is 946 g/mol. The van der Waals surface area contributed by atoms with Crippen LogP contribution in [0.25, 0.3) is 75.0 Å². The lowest BCUT2D eigenvalue weighted by atomic mass is 9.73. The third-order valence-electron chi connectivity index (χ3n) is 13.9. The molecule has 0 aliphatic carbocycles. The van der Waals surface area contributed by atoms with Crippen LogP contribution in [0.4, 0.5) is 34.1 Å². The largest absolute Gasteiger partial charge is 0.311 e. The molecule has 1 aliphatic heterocycles. The quantitative estimate of drug-likeness (QED) is 0.144. The molecule has 0 unspecified atom stereocenters. The number of rotatable bonds is 9. The van der Waals surface area contributed by atoms with Crippen molar-refractivity contribution in [2.24, 2.45) is 0 Å². The first-order valence-corrected chi connectivity index (χ1v) is 25.7. The summed E-state index contributed by atoms with van der Waals surface area (Å²) in [5, 5.41) is 2.08. The normalized spacial score (nSPS) is 12.7. The van der Waals surface area contributed by atoms with Gasteiger partial charge in [-0.15, -0.1) is 22.7 Å². The molecule has 0 saturated carbocycles. The van der Waals surface area contributed by atoms with Crippen LogP contribution in [-0.4, -0.2) is 9.97 Å². The fourth-order valence-corrected chi connectivity index (χ4v) is 12.2. The van der Waals surface area contributed by atoms with Gasteiger partial charge in [0.05, 0.1) is 31.8 Å². The molecule has 0 spiro atoms. The molecule has 0 amide bonds. The molecular weight excluding hydrogens is 901 g/mol. The smallest absolute Gasteiger partial charge is 0.124 e. The van der Waals surface area contributed by atoms with Gasteiger partial charge in [-0.3, -0.25) is 0 Å². The molecule has 2 aromatic heterocycles. The van der Waals surface area contributed by atoms with Gasteiger partial charge in [0.2, 0.25) is 0 Å². The number of anilines is 6. The highest BCUT2D eigenvalue weighted by atomic mass is 32.1. The lowest BCUT2D eigenvalue weighted by Gasteiger charge is -2.42. The van der Waals surface area contributed by atoms with Gasteiger partial charge in [0.15, 0.2) is 0 Å². The van der Waals surface area contributed by atoms with E-state index in [9.17, 15) is 0 Å². The number of fused-ring (bicyclic) bond motifs is 4. The molecular formula is C65H46N4S2. The van der Waals surface area contributed by atoms with E-state index >= 15 is 0 Å². The summed E-state index contributed by atoms with van der Waals surface area (Å²) in [7, 11) is 0. The minimum absolute atomic E-state index is 0.218. The molecule has 13 rings (SSSR count). The standard InChI is InChI=1S/C65H46N4S2/c1-65(2)55-20-6-9-23-59(55)69(60-39-32-48(42-56(60)65)47-15-13-17-50(41-47)64-67-58-22-8-11-25-62(58)71-64)54-37-28-44(29-38-54)43-26-33-52(34-27-43)68(51-18-4-3-5-19-51)53-35-30-45(31-36-53)46-14-12-16-49(40-46)63-66-57-21-7-10-24-61(57)70-63/h3-42H,1-2H3. The van der Waals surface area contributed by atoms with Gasteiger partial charge in [0.1, 0.15) is 10.0 Å². The van der Waals surface area contributed by atoms with Gasteiger partial charge in [0.25, 0.3) is 0 Å². The van der Waals surface area contributed by atoms with Crippen molar-refractivity contribution in [2.45, 2.75) is 19.3 Å². The zero-order valence-electron chi connectivity index (χ0n) is 39.2. The van der Waals surface area contributed by atoms with Crippen molar-refractivity contribution in [3.8, 4) is 54.5 Å². The first-order valence-electron chi connectivity index (χ1n) is 24.0. The molecule has 6 heteroatoms. The van der Waals surface area contributed by atoms with Crippen molar-refractivity contribution in [3.05, 3.63) is 254 Å². The molecule has 0 N–H and O–H groups in total. The summed E-state index contributed by atoms with van der Waals surface area (Å²) in [4.78, 5) is 14.7. The number of hydrogen-bond donors (Lipinski definition) is 0. The van der Waals surface area contributed by atoms with Crippen LogP contribution in [0, 0.1) is 0 Å². The fraction of sp³-hybridized carbons (Fsp3) is 0.0462. The zero-order chi connectivity index (χ0) is 47.5. The summed E-state index contributed by atoms with van der Waals surface area (Å²) in [6.45, 7) is 4.71. The van der Waals surface area contributed by atoms with E-state index in [1.807, 2.05) is 6.07 Å². The molecule has 0 bridgehead atoms. The number of hydrogen-bond acceptors (Lipinski definition) is 6. The van der Waals surface area contributed by atoms with E-state index in [0.29, 0.717) is 0 Å². The maximum absolute atomic E-state index is 4.97. The molecule has 4 nitrogen and oxygen atoms in total. The van der Waals surface area contributed by atoms with Gasteiger partial charge in [-0.1, -0.05) is 153 Å². The third-order valence-corrected chi connectivity index (χ3v) is 16.1. The summed E-state index contributed by atoms with van der Waals surface area (Å²) in [5.41, 5.74) is 20.6. The van der Waals surface area contributed by atoms with E-state index in [1.54, 1.807) is 22.7 Å². The van der Waals surface area contributed by atoms with Crippen molar-refractivity contribution in [3.63, 3.8) is 0 Å². The second kappa shape index (κ2) is 17.5. The summed E-state index contributed by atoms with van der Waals surface area (Å²) >= 11 is 3.48. The molecule has 0 radical (unpaired) electrons. The number of benzene rings is 10. The second-order valence-corrected chi connectivity index (χ2v) is 20.7. The Kier molecular flexibility index (Phi) is 10.5. The van der Waals surface area contributed by atoms with Gasteiger partial charge < -0.3 is 9.80 Å². The lowest BCUT2D eigenvalue weighted by Crippen LogP contribution is -2.30. The van der Waals surface area contributed by atoms with Crippen LogP contribution in [0.2, 0.25) is 0 Å². The molecule has 338 valence electrons. The van der Waals surface area contributed by atoms with Crippen LogP contribution >= 0.6 is 22.7 Å². The highest BCUT2D eigenvalue weighted by molar-refractivity contribution is 7.22. The highest BCUT2D eigenvalue weighted by Crippen LogP contribution is 2.53. The number of thiazole rings is 2. The Bertz CT molecular complexity index is 3840. The van der Waals surface area contributed by atoms with E-state index in [1.165, 1.54) is 48.6 Å². The number of nitrogens with zero attached hydrogens (tertiary/aromatic N) is 4. The molecule has 3 heterocycles. The van der Waals surface area contributed by atoms with Gasteiger partial charge in [0, 0.05) is 39.3 Å². The van der Waals surface area contributed by atoms with Gasteiger partial charge >= 0.3 is 0 Å². The summed E-state index contributed by atoms with van der Waals surface area (Å²) in [6.07, 6.45) is 0. The minimum Gasteiger partial charge on any atom is -0.311 e. The Labute approximate surface area is 422 Å². The van der Waals surface area contributed by atoms with Crippen molar-refractivity contribution >= 4 is 77.2 Å².